The minimum absolute atomic E-state index is 0.0105. The molecule has 38 heavy (non-hydrogen) atoms. The van der Waals surface area contributed by atoms with Crippen LogP contribution in [0.15, 0.2) is 78.2 Å². The number of anilines is 2. The van der Waals surface area contributed by atoms with Gasteiger partial charge in [0.25, 0.3) is 5.91 Å². The molecule has 11 heteroatoms. The lowest BCUT2D eigenvalue weighted by atomic mass is 10.1. The van der Waals surface area contributed by atoms with Gasteiger partial charge < -0.3 is 15.3 Å². The van der Waals surface area contributed by atoms with E-state index in [0.29, 0.717) is 27.1 Å². The summed E-state index contributed by atoms with van der Waals surface area (Å²) in [6.07, 6.45) is -4.64. The molecule has 1 heterocycles. The van der Waals surface area contributed by atoms with Crippen LogP contribution in [0.3, 0.4) is 0 Å². The molecule has 4 rings (SSSR count). The number of carboxylic acid groups (broad SMARTS) is 1. The number of rotatable bonds is 9. The zero-order chi connectivity index (χ0) is 27.3. The lowest BCUT2D eigenvalue weighted by Gasteiger charge is -2.23. The van der Waals surface area contributed by atoms with Crippen molar-refractivity contribution in [2.24, 2.45) is 0 Å². The van der Waals surface area contributed by atoms with E-state index < -0.39 is 23.6 Å². The standard InChI is InChI=1S/C27H21ClF3N3O3S/c28-21-3-1-2-19(14-21)23-16-38-26(33-23)34(22-10-8-20(9-11-22)27(29,30)31)15-17-4-6-18(7-5-17)25(37)32-13-12-24(35)36/h1-11,14,16H,12-13,15H2,(H,32,37)(H,35,36). The highest BCUT2D eigenvalue weighted by atomic mass is 35.5. The molecule has 1 aromatic heterocycles. The average molecular weight is 560 g/mol. The van der Waals surface area contributed by atoms with Crippen LogP contribution in [-0.2, 0) is 17.5 Å². The number of amides is 1. The predicted molar refractivity (Wildman–Crippen MR) is 141 cm³/mol. The van der Waals surface area contributed by atoms with Crippen molar-refractivity contribution in [1.82, 2.24) is 10.3 Å². The molecular weight excluding hydrogens is 539 g/mol. The van der Waals surface area contributed by atoms with Gasteiger partial charge in [0.1, 0.15) is 0 Å². The van der Waals surface area contributed by atoms with Crippen molar-refractivity contribution in [1.29, 1.82) is 0 Å². The summed E-state index contributed by atoms with van der Waals surface area (Å²) < 4.78 is 39.4. The third-order valence-corrected chi connectivity index (χ3v) is 6.63. The summed E-state index contributed by atoms with van der Waals surface area (Å²) in [6.45, 7) is 0.283. The SMILES string of the molecule is O=C(O)CCNC(=O)c1ccc(CN(c2ccc(C(F)(F)F)cc2)c2nc(-c3cccc(Cl)c3)cs2)cc1. The first-order valence-electron chi connectivity index (χ1n) is 11.4. The molecule has 0 radical (unpaired) electrons. The van der Waals surface area contributed by atoms with Gasteiger partial charge in [-0.25, -0.2) is 4.98 Å². The number of aliphatic carboxylic acids is 1. The lowest BCUT2D eigenvalue weighted by molar-refractivity contribution is -0.138. The van der Waals surface area contributed by atoms with Crippen LogP contribution in [0, 0.1) is 0 Å². The molecule has 0 bridgehead atoms. The van der Waals surface area contributed by atoms with Crippen LogP contribution in [0.1, 0.15) is 27.9 Å². The van der Waals surface area contributed by atoms with Crippen LogP contribution in [-0.4, -0.2) is 28.5 Å². The molecule has 0 saturated carbocycles. The first-order chi connectivity index (χ1) is 18.1. The zero-order valence-electron chi connectivity index (χ0n) is 19.7. The lowest BCUT2D eigenvalue weighted by Crippen LogP contribution is -2.26. The Bertz CT molecular complexity index is 1420. The number of carbonyl (C=O) groups is 2. The van der Waals surface area contributed by atoms with Gasteiger partial charge in [-0.15, -0.1) is 11.3 Å². The van der Waals surface area contributed by atoms with Gasteiger partial charge in [0, 0.05) is 33.8 Å². The maximum absolute atomic E-state index is 13.1. The number of hydrogen-bond acceptors (Lipinski definition) is 5. The highest BCUT2D eigenvalue weighted by Gasteiger charge is 2.30. The molecule has 6 nitrogen and oxygen atoms in total. The average Bonchev–Trinajstić information content (AvgIpc) is 3.37. The second-order valence-electron chi connectivity index (χ2n) is 8.25. The number of benzene rings is 3. The number of nitrogens with one attached hydrogen (secondary N) is 1. The van der Waals surface area contributed by atoms with E-state index in [0.717, 1.165) is 23.3 Å². The molecule has 0 spiro atoms. The number of hydrogen-bond donors (Lipinski definition) is 2. The summed E-state index contributed by atoms with van der Waals surface area (Å²) in [4.78, 5) is 29.4. The van der Waals surface area contributed by atoms with Gasteiger partial charge in [0.2, 0.25) is 0 Å². The van der Waals surface area contributed by atoms with Crippen molar-refractivity contribution in [2.75, 3.05) is 11.4 Å². The highest BCUT2D eigenvalue weighted by molar-refractivity contribution is 7.14. The quantitative estimate of drug-likeness (QED) is 0.230. The van der Waals surface area contributed by atoms with E-state index in [1.54, 1.807) is 41.3 Å². The summed E-state index contributed by atoms with van der Waals surface area (Å²) in [5, 5.41) is 14.2. The van der Waals surface area contributed by atoms with E-state index in [4.69, 9.17) is 21.7 Å². The maximum Gasteiger partial charge on any atom is 0.416 e. The first kappa shape index (κ1) is 27.2. The van der Waals surface area contributed by atoms with E-state index >= 15 is 0 Å². The van der Waals surface area contributed by atoms with Crippen LogP contribution in [0.2, 0.25) is 5.02 Å². The zero-order valence-corrected chi connectivity index (χ0v) is 21.3. The Labute approximate surface area is 225 Å². The number of carboxylic acids is 1. The second kappa shape index (κ2) is 11.7. The molecule has 0 fully saturated rings. The predicted octanol–water partition coefficient (Wildman–Crippen LogP) is 7.03. The molecule has 2 N–H and O–H groups in total. The number of nitrogens with zero attached hydrogens (tertiary/aromatic N) is 2. The molecular formula is C27H21ClF3N3O3S. The van der Waals surface area contributed by atoms with E-state index in [9.17, 15) is 22.8 Å². The van der Waals surface area contributed by atoms with Crippen LogP contribution >= 0.6 is 22.9 Å². The fourth-order valence-electron chi connectivity index (χ4n) is 3.60. The van der Waals surface area contributed by atoms with E-state index in [-0.39, 0.29) is 19.5 Å². The van der Waals surface area contributed by atoms with E-state index in [2.05, 4.69) is 5.32 Å². The number of alkyl halides is 3. The van der Waals surface area contributed by atoms with Crippen molar-refractivity contribution in [3.8, 4) is 11.3 Å². The van der Waals surface area contributed by atoms with Gasteiger partial charge >= 0.3 is 12.1 Å². The molecule has 4 aromatic rings. The maximum atomic E-state index is 13.1. The number of carbonyl (C=O) groups excluding carboxylic acids is 1. The van der Waals surface area contributed by atoms with Crippen LogP contribution in [0.5, 0.6) is 0 Å². The van der Waals surface area contributed by atoms with Crippen molar-refractivity contribution in [3.05, 3.63) is 99.9 Å². The largest absolute Gasteiger partial charge is 0.481 e. The second-order valence-corrected chi connectivity index (χ2v) is 9.53. The molecule has 3 aromatic carbocycles. The molecule has 0 saturated heterocycles. The number of halogens is 4. The minimum Gasteiger partial charge on any atom is -0.481 e. The minimum atomic E-state index is -4.45. The Kier molecular flexibility index (Phi) is 8.33. The fraction of sp³-hybridized carbons (Fsp3) is 0.148. The molecule has 0 atom stereocenters. The Balaban J connectivity index is 1.60. The van der Waals surface area contributed by atoms with Gasteiger partial charge in [-0.1, -0.05) is 35.9 Å². The van der Waals surface area contributed by atoms with Crippen molar-refractivity contribution < 1.29 is 27.9 Å². The number of thiazole rings is 1. The summed E-state index contributed by atoms with van der Waals surface area (Å²) in [7, 11) is 0. The van der Waals surface area contributed by atoms with Gasteiger partial charge in [-0.05, 0) is 54.1 Å². The molecule has 196 valence electrons. The van der Waals surface area contributed by atoms with E-state index in [1.807, 2.05) is 17.5 Å². The molecule has 1 amide bonds. The Morgan fingerprint density at radius 2 is 1.74 bits per heavy atom. The van der Waals surface area contributed by atoms with Gasteiger partial charge in [0.15, 0.2) is 5.13 Å². The monoisotopic (exact) mass is 559 g/mol. The van der Waals surface area contributed by atoms with Gasteiger partial charge in [-0.2, -0.15) is 13.2 Å². The normalized spacial score (nSPS) is 11.3. The van der Waals surface area contributed by atoms with Crippen LogP contribution < -0.4 is 10.2 Å². The summed E-state index contributed by atoms with van der Waals surface area (Å²) >= 11 is 7.45. The van der Waals surface area contributed by atoms with Crippen LogP contribution in [0.4, 0.5) is 24.0 Å². The van der Waals surface area contributed by atoms with Crippen molar-refractivity contribution in [2.45, 2.75) is 19.1 Å². The molecule has 0 aliphatic rings. The fourth-order valence-corrected chi connectivity index (χ4v) is 4.64. The Morgan fingerprint density at radius 1 is 1.03 bits per heavy atom. The summed E-state index contributed by atoms with van der Waals surface area (Å²) in [5.41, 5.74) is 2.39. The summed E-state index contributed by atoms with van der Waals surface area (Å²) in [5.74, 6) is -1.41. The Morgan fingerprint density at radius 3 is 2.37 bits per heavy atom. The smallest absolute Gasteiger partial charge is 0.416 e. The first-order valence-corrected chi connectivity index (χ1v) is 12.6. The Hall–Kier alpha value is -3.89. The topological polar surface area (TPSA) is 82.5 Å². The third kappa shape index (κ3) is 6.90. The number of aromatic nitrogens is 1. The van der Waals surface area contributed by atoms with Crippen molar-refractivity contribution in [3.63, 3.8) is 0 Å². The molecule has 0 aliphatic carbocycles. The van der Waals surface area contributed by atoms with Gasteiger partial charge in [0.05, 0.1) is 24.2 Å². The third-order valence-electron chi connectivity index (χ3n) is 5.53. The highest BCUT2D eigenvalue weighted by Crippen LogP contribution is 2.36. The van der Waals surface area contributed by atoms with E-state index in [1.165, 1.54) is 23.5 Å². The van der Waals surface area contributed by atoms with Gasteiger partial charge in [-0.3, -0.25) is 9.59 Å². The molecule has 0 aliphatic heterocycles. The van der Waals surface area contributed by atoms with Crippen molar-refractivity contribution >= 4 is 45.6 Å². The van der Waals surface area contributed by atoms with Crippen LogP contribution in [0.25, 0.3) is 11.3 Å². The summed E-state index contributed by atoms with van der Waals surface area (Å²) in [6, 6.07) is 18.7. The molecule has 0 unspecified atom stereocenters.